The number of esters is 1. The third-order valence-corrected chi connectivity index (χ3v) is 6.74. The summed E-state index contributed by atoms with van der Waals surface area (Å²) in [5, 5.41) is 0. The Labute approximate surface area is 204 Å². The molecule has 1 aromatic carbocycles. The molecule has 3 aliphatic heterocycles. The van der Waals surface area contributed by atoms with Gasteiger partial charge in [0.05, 0.1) is 42.8 Å². The molecule has 1 aromatic rings. The molecule has 0 radical (unpaired) electrons. The molecule has 188 valence electrons. The molecular formula is C25H31N3O7. The predicted molar refractivity (Wildman–Crippen MR) is 124 cm³/mol. The fourth-order valence-corrected chi connectivity index (χ4v) is 4.83. The number of likely N-dealkylation sites (N-methyl/N-ethyl adjacent to an activating group) is 1. The van der Waals surface area contributed by atoms with Crippen molar-refractivity contribution < 1.29 is 33.4 Å². The standard InChI is InChI=1S/C25H31N3O7/c1-3-34-25(33)17-6-4-10-27(13-17)21(29)15-26(2)22(30)16-8-9-19-20(12-16)24(32)28(23(19)31)14-18-7-5-11-35-18/h8-9,12,17-18H,3-7,10-11,13-15H2,1-2H3. The van der Waals surface area contributed by atoms with E-state index in [0.29, 0.717) is 32.6 Å². The lowest BCUT2D eigenvalue weighted by Gasteiger charge is -2.32. The SMILES string of the molecule is CCOC(=O)C1CCCN(C(=O)CN(C)C(=O)c2ccc3c(c2)C(=O)N(CC2CCCO2)C3=O)C1. The van der Waals surface area contributed by atoms with Crippen molar-refractivity contribution in [3.8, 4) is 0 Å². The molecule has 2 fully saturated rings. The number of ether oxygens (including phenoxy) is 2. The van der Waals surface area contributed by atoms with Crippen LogP contribution >= 0.6 is 0 Å². The second-order valence-corrected chi connectivity index (χ2v) is 9.21. The van der Waals surface area contributed by atoms with Gasteiger partial charge in [-0.2, -0.15) is 0 Å². The molecule has 2 saturated heterocycles. The molecule has 0 bridgehead atoms. The molecule has 4 rings (SSSR count). The van der Waals surface area contributed by atoms with E-state index in [-0.39, 0.29) is 66.1 Å². The number of rotatable bonds is 7. The first-order chi connectivity index (χ1) is 16.8. The van der Waals surface area contributed by atoms with Gasteiger partial charge in [0.15, 0.2) is 0 Å². The molecule has 0 N–H and O–H groups in total. The number of carbonyl (C=O) groups excluding carboxylic acids is 5. The second kappa shape index (κ2) is 10.6. The number of piperidine rings is 1. The van der Waals surface area contributed by atoms with Gasteiger partial charge in [-0.05, 0) is 50.8 Å². The van der Waals surface area contributed by atoms with E-state index in [9.17, 15) is 24.0 Å². The maximum atomic E-state index is 13.0. The highest BCUT2D eigenvalue weighted by Crippen LogP contribution is 2.26. The van der Waals surface area contributed by atoms with Crippen molar-refractivity contribution in [1.29, 1.82) is 0 Å². The van der Waals surface area contributed by atoms with Crippen LogP contribution in [-0.4, -0.2) is 96.8 Å². The summed E-state index contributed by atoms with van der Waals surface area (Å²) in [5.41, 5.74) is 0.677. The van der Waals surface area contributed by atoms with Crippen LogP contribution < -0.4 is 0 Å². The van der Waals surface area contributed by atoms with Gasteiger partial charge in [0.2, 0.25) is 5.91 Å². The molecule has 0 aliphatic carbocycles. The first kappa shape index (κ1) is 24.8. The molecule has 4 amide bonds. The quantitative estimate of drug-likeness (QED) is 0.423. The van der Waals surface area contributed by atoms with E-state index in [1.165, 1.54) is 35.0 Å². The Bertz CT molecular complexity index is 1030. The number of likely N-dealkylation sites (tertiary alicyclic amines) is 1. The monoisotopic (exact) mass is 485 g/mol. The molecule has 2 unspecified atom stereocenters. The summed E-state index contributed by atoms with van der Waals surface area (Å²) in [5.74, 6) is -2.17. The summed E-state index contributed by atoms with van der Waals surface area (Å²) in [6.45, 7) is 3.49. The van der Waals surface area contributed by atoms with Crippen LogP contribution in [0.4, 0.5) is 0 Å². The van der Waals surface area contributed by atoms with Gasteiger partial charge in [-0.15, -0.1) is 0 Å². The summed E-state index contributed by atoms with van der Waals surface area (Å²) < 4.78 is 10.6. The highest BCUT2D eigenvalue weighted by atomic mass is 16.5. The molecule has 10 heteroatoms. The topological polar surface area (TPSA) is 114 Å². The van der Waals surface area contributed by atoms with E-state index in [1.54, 1.807) is 11.8 Å². The van der Waals surface area contributed by atoms with E-state index >= 15 is 0 Å². The van der Waals surface area contributed by atoms with Gasteiger partial charge in [0.1, 0.15) is 0 Å². The van der Waals surface area contributed by atoms with Crippen molar-refractivity contribution in [3.05, 3.63) is 34.9 Å². The number of nitrogens with zero attached hydrogens (tertiary/aromatic N) is 3. The Morgan fingerprint density at radius 1 is 1.11 bits per heavy atom. The van der Waals surface area contributed by atoms with Crippen molar-refractivity contribution in [2.45, 2.75) is 38.7 Å². The molecule has 3 aliphatic rings. The van der Waals surface area contributed by atoms with Gasteiger partial charge in [-0.3, -0.25) is 28.9 Å². The van der Waals surface area contributed by atoms with E-state index in [1.807, 2.05) is 0 Å². The highest BCUT2D eigenvalue weighted by Gasteiger charge is 2.38. The van der Waals surface area contributed by atoms with Crippen LogP contribution in [0.5, 0.6) is 0 Å². The van der Waals surface area contributed by atoms with Gasteiger partial charge < -0.3 is 19.3 Å². The van der Waals surface area contributed by atoms with E-state index in [2.05, 4.69) is 0 Å². The van der Waals surface area contributed by atoms with Crippen LogP contribution in [0.25, 0.3) is 0 Å². The van der Waals surface area contributed by atoms with Crippen LogP contribution in [0.3, 0.4) is 0 Å². The van der Waals surface area contributed by atoms with Crippen LogP contribution in [0, 0.1) is 5.92 Å². The predicted octanol–water partition coefficient (Wildman–Crippen LogP) is 1.34. The fourth-order valence-electron chi connectivity index (χ4n) is 4.83. The minimum absolute atomic E-state index is 0.159. The molecule has 0 saturated carbocycles. The van der Waals surface area contributed by atoms with Crippen LogP contribution in [0.1, 0.15) is 63.7 Å². The summed E-state index contributed by atoms with van der Waals surface area (Å²) in [4.78, 5) is 67.5. The number of hydrogen-bond donors (Lipinski definition) is 0. The van der Waals surface area contributed by atoms with Gasteiger partial charge in [-0.1, -0.05) is 0 Å². The molecule has 3 heterocycles. The highest BCUT2D eigenvalue weighted by molar-refractivity contribution is 6.22. The minimum Gasteiger partial charge on any atom is -0.466 e. The number of hydrogen-bond acceptors (Lipinski definition) is 7. The lowest BCUT2D eigenvalue weighted by atomic mass is 9.98. The third kappa shape index (κ3) is 5.22. The first-order valence-electron chi connectivity index (χ1n) is 12.1. The second-order valence-electron chi connectivity index (χ2n) is 9.21. The lowest BCUT2D eigenvalue weighted by Crippen LogP contribution is -2.47. The average Bonchev–Trinajstić information content (AvgIpc) is 3.46. The summed E-state index contributed by atoms with van der Waals surface area (Å²) >= 11 is 0. The Hall–Kier alpha value is -3.27. The van der Waals surface area contributed by atoms with Gasteiger partial charge in [0.25, 0.3) is 17.7 Å². The van der Waals surface area contributed by atoms with E-state index in [4.69, 9.17) is 9.47 Å². The van der Waals surface area contributed by atoms with E-state index in [0.717, 1.165) is 12.8 Å². The lowest BCUT2D eigenvalue weighted by molar-refractivity contribution is -0.151. The average molecular weight is 486 g/mol. The van der Waals surface area contributed by atoms with Crippen molar-refractivity contribution >= 4 is 29.6 Å². The molecule has 0 aromatic heterocycles. The van der Waals surface area contributed by atoms with Gasteiger partial charge >= 0.3 is 5.97 Å². The molecule has 10 nitrogen and oxygen atoms in total. The van der Waals surface area contributed by atoms with Crippen LogP contribution in [0.2, 0.25) is 0 Å². The Morgan fingerprint density at radius 3 is 2.60 bits per heavy atom. The Morgan fingerprint density at radius 2 is 1.89 bits per heavy atom. The summed E-state index contributed by atoms with van der Waals surface area (Å²) in [6.07, 6.45) is 2.90. The zero-order valence-corrected chi connectivity index (χ0v) is 20.2. The molecule has 35 heavy (non-hydrogen) atoms. The summed E-state index contributed by atoms with van der Waals surface area (Å²) in [7, 11) is 1.51. The zero-order valence-electron chi connectivity index (χ0n) is 20.2. The number of benzene rings is 1. The Balaban J connectivity index is 1.39. The van der Waals surface area contributed by atoms with Crippen LogP contribution in [-0.2, 0) is 19.1 Å². The van der Waals surface area contributed by atoms with Crippen LogP contribution in [0.15, 0.2) is 18.2 Å². The fraction of sp³-hybridized carbons (Fsp3) is 0.560. The van der Waals surface area contributed by atoms with Crippen molar-refractivity contribution in [3.63, 3.8) is 0 Å². The van der Waals surface area contributed by atoms with E-state index < -0.39 is 11.8 Å². The number of carbonyl (C=O) groups is 5. The maximum Gasteiger partial charge on any atom is 0.310 e. The Kier molecular flexibility index (Phi) is 7.49. The smallest absolute Gasteiger partial charge is 0.310 e. The normalized spacial score (nSPS) is 21.8. The van der Waals surface area contributed by atoms with Crippen molar-refractivity contribution in [2.75, 3.05) is 46.4 Å². The van der Waals surface area contributed by atoms with Gasteiger partial charge in [-0.25, -0.2) is 0 Å². The number of amides is 4. The molecular weight excluding hydrogens is 454 g/mol. The van der Waals surface area contributed by atoms with Gasteiger partial charge in [0, 0.05) is 32.3 Å². The summed E-state index contributed by atoms with van der Waals surface area (Å²) in [6, 6.07) is 4.41. The minimum atomic E-state index is -0.438. The maximum absolute atomic E-state index is 13.0. The zero-order chi connectivity index (χ0) is 25.1. The van der Waals surface area contributed by atoms with Crippen molar-refractivity contribution in [1.82, 2.24) is 14.7 Å². The van der Waals surface area contributed by atoms with Crippen molar-refractivity contribution in [2.24, 2.45) is 5.92 Å². The first-order valence-corrected chi connectivity index (χ1v) is 12.1. The molecule has 0 spiro atoms. The number of fused-ring (bicyclic) bond motifs is 1. The largest absolute Gasteiger partial charge is 0.466 e. The number of imide groups is 1. The molecule has 2 atom stereocenters. The third-order valence-electron chi connectivity index (χ3n) is 6.74.